The Labute approximate surface area is 191 Å². The molecular weight excluding hydrogens is 418 g/mol. The first kappa shape index (κ1) is 21.1. The summed E-state index contributed by atoms with van der Waals surface area (Å²) in [7, 11) is 0. The molecule has 1 aromatic carbocycles. The molecule has 1 fully saturated rings. The number of fused-ring (bicyclic) bond motifs is 1. The van der Waals surface area contributed by atoms with Gasteiger partial charge in [-0.25, -0.2) is 4.98 Å². The monoisotopic (exact) mass is 445 g/mol. The van der Waals surface area contributed by atoms with E-state index < -0.39 is 5.91 Å². The number of likely N-dealkylation sites (tertiary alicyclic amines) is 1. The summed E-state index contributed by atoms with van der Waals surface area (Å²) >= 11 is 0. The molecule has 4 heterocycles. The summed E-state index contributed by atoms with van der Waals surface area (Å²) in [4.78, 5) is 28.7. The van der Waals surface area contributed by atoms with Crippen molar-refractivity contribution in [1.82, 2.24) is 24.4 Å². The zero-order valence-corrected chi connectivity index (χ0v) is 18.4. The number of amides is 1. The lowest BCUT2D eigenvalue weighted by Crippen LogP contribution is -2.22. The van der Waals surface area contributed by atoms with E-state index in [4.69, 9.17) is 4.42 Å². The van der Waals surface area contributed by atoms with Gasteiger partial charge >= 0.3 is 0 Å². The highest BCUT2D eigenvalue weighted by Gasteiger charge is 2.17. The van der Waals surface area contributed by atoms with Crippen molar-refractivity contribution in [1.29, 1.82) is 0 Å². The van der Waals surface area contributed by atoms with Crippen LogP contribution in [-0.4, -0.2) is 56.5 Å². The van der Waals surface area contributed by atoms with Crippen LogP contribution in [0.2, 0.25) is 0 Å². The fraction of sp³-hybridized carbons (Fsp3) is 0.333. The molecule has 9 heteroatoms. The Morgan fingerprint density at radius 2 is 1.91 bits per heavy atom. The number of hydrogen-bond acceptors (Lipinski definition) is 7. The molecule has 1 aliphatic rings. The largest absolute Gasteiger partial charge is 0.459 e. The van der Waals surface area contributed by atoms with Gasteiger partial charge in [0.05, 0.1) is 19.1 Å². The first-order valence-corrected chi connectivity index (χ1v) is 11.3. The highest BCUT2D eigenvalue weighted by Crippen LogP contribution is 2.22. The molecule has 0 bridgehead atoms. The average Bonchev–Trinajstić information content (AvgIpc) is 3.60. The number of carbonyl (C=O) groups is 1. The van der Waals surface area contributed by atoms with Crippen molar-refractivity contribution in [2.45, 2.75) is 25.8 Å². The molecule has 0 spiro atoms. The number of rotatable bonds is 9. The average molecular weight is 446 g/mol. The Morgan fingerprint density at radius 1 is 1.06 bits per heavy atom. The summed E-state index contributed by atoms with van der Waals surface area (Å²) in [6.07, 6.45) is 6.81. The second-order valence-electron chi connectivity index (χ2n) is 8.19. The molecule has 170 valence electrons. The quantitative estimate of drug-likeness (QED) is 0.380. The van der Waals surface area contributed by atoms with Crippen molar-refractivity contribution in [3.63, 3.8) is 0 Å². The Balaban J connectivity index is 1.38. The van der Waals surface area contributed by atoms with E-state index in [1.165, 1.54) is 32.2 Å². The van der Waals surface area contributed by atoms with Crippen molar-refractivity contribution in [2.75, 3.05) is 36.8 Å². The predicted molar refractivity (Wildman–Crippen MR) is 126 cm³/mol. The van der Waals surface area contributed by atoms with Crippen molar-refractivity contribution in [3.05, 3.63) is 66.4 Å². The van der Waals surface area contributed by atoms with Crippen molar-refractivity contribution < 1.29 is 9.21 Å². The van der Waals surface area contributed by atoms with E-state index in [9.17, 15) is 4.79 Å². The number of furan rings is 1. The number of nitrogens with zero attached hydrogens (tertiary/aromatic N) is 5. The first-order chi connectivity index (χ1) is 16.3. The topological polar surface area (TPSA) is 101 Å². The second-order valence-corrected chi connectivity index (χ2v) is 8.19. The molecule has 0 saturated carbocycles. The number of benzene rings is 1. The van der Waals surface area contributed by atoms with E-state index in [1.807, 2.05) is 22.8 Å². The summed E-state index contributed by atoms with van der Waals surface area (Å²) in [5.74, 6) is 0.633. The summed E-state index contributed by atoms with van der Waals surface area (Å²) < 4.78 is 7.16. The van der Waals surface area contributed by atoms with Crippen LogP contribution in [-0.2, 0) is 6.54 Å². The summed E-state index contributed by atoms with van der Waals surface area (Å²) in [5, 5.41) is 6.16. The highest BCUT2D eigenvalue weighted by molar-refractivity contribution is 6.01. The molecule has 1 aliphatic heterocycles. The molecule has 0 atom stereocenters. The maximum absolute atomic E-state index is 12.5. The van der Waals surface area contributed by atoms with E-state index in [-0.39, 0.29) is 11.7 Å². The number of anilines is 2. The Kier molecular flexibility index (Phi) is 6.30. The van der Waals surface area contributed by atoms with Crippen LogP contribution < -0.4 is 10.6 Å². The normalized spacial score (nSPS) is 14.1. The molecule has 0 aliphatic carbocycles. The van der Waals surface area contributed by atoms with Crippen LogP contribution >= 0.6 is 0 Å². The van der Waals surface area contributed by atoms with Gasteiger partial charge in [-0.15, -0.1) is 0 Å². The van der Waals surface area contributed by atoms with Crippen molar-refractivity contribution in [2.24, 2.45) is 0 Å². The molecule has 33 heavy (non-hydrogen) atoms. The van der Waals surface area contributed by atoms with E-state index >= 15 is 0 Å². The van der Waals surface area contributed by atoms with Gasteiger partial charge in [-0.2, -0.15) is 9.97 Å². The Morgan fingerprint density at radius 3 is 2.70 bits per heavy atom. The smallest absolute Gasteiger partial charge is 0.293 e. The Hall–Kier alpha value is -3.72. The predicted octanol–water partition coefficient (Wildman–Crippen LogP) is 3.62. The number of imidazole rings is 1. The molecule has 5 rings (SSSR count). The number of aromatic nitrogens is 4. The van der Waals surface area contributed by atoms with Gasteiger partial charge in [0.2, 0.25) is 5.95 Å². The van der Waals surface area contributed by atoms with Gasteiger partial charge in [-0.1, -0.05) is 30.3 Å². The van der Waals surface area contributed by atoms with E-state index in [2.05, 4.69) is 42.6 Å². The molecule has 4 aromatic rings. The SMILES string of the molecule is O=C(Nc1nc(NCCCN2CCCC2)c2ncn(Cc3ccccc3)c2n1)c1ccco1. The number of carbonyl (C=O) groups excluding carboxylic acids is 1. The maximum atomic E-state index is 12.5. The van der Waals surface area contributed by atoms with E-state index in [0.717, 1.165) is 25.1 Å². The van der Waals surface area contributed by atoms with Crippen molar-refractivity contribution in [3.8, 4) is 0 Å². The van der Waals surface area contributed by atoms with Crippen LogP contribution in [0.5, 0.6) is 0 Å². The van der Waals surface area contributed by atoms with Gasteiger partial charge in [0.1, 0.15) is 0 Å². The van der Waals surface area contributed by atoms with Gasteiger partial charge in [0.25, 0.3) is 5.91 Å². The van der Waals surface area contributed by atoms with Crippen LogP contribution in [0, 0.1) is 0 Å². The summed E-state index contributed by atoms with van der Waals surface area (Å²) in [6, 6.07) is 13.4. The van der Waals surface area contributed by atoms with Gasteiger partial charge in [0.15, 0.2) is 22.7 Å². The molecule has 1 amide bonds. The summed E-state index contributed by atoms with van der Waals surface area (Å²) in [5.41, 5.74) is 2.48. The van der Waals surface area contributed by atoms with Gasteiger partial charge in [-0.3, -0.25) is 10.1 Å². The van der Waals surface area contributed by atoms with E-state index in [0.29, 0.717) is 23.5 Å². The lowest BCUT2D eigenvalue weighted by molar-refractivity contribution is 0.0996. The third-order valence-electron chi connectivity index (χ3n) is 5.77. The van der Waals surface area contributed by atoms with Crippen LogP contribution in [0.25, 0.3) is 11.2 Å². The Bertz CT molecular complexity index is 1200. The maximum Gasteiger partial charge on any atom is 0.293 e. The zero-order valence-electron chi connectivity index (χ0n) is 18.4. The molecule has 0 radical (unpaired) electrons. The zero-order chi connectivity index (χ0) is 22.5. The number of hydrogen-bond donors (Lipinski definition) is 2. The fourth-order valence-electron chi connectivity index (χ4n) is 4.11. The van der Waals surface area contributed by atoms with Crippen molar-refractivity contribution >= 4 is 28.8 Å². The summed E-state index contributed by atoms with van der Waals surface area (Å²) in [6.45, 7) is 4.81. The highest BCUT2D eigenvalue weighted by atomic mass is 16.3. The minimum Gasteiger partial charge on any atom is -0.459 e. The van der Waals surface area contributed by atoms with E-state index in [1.54, 1.807) is 18.5 Å². The molecule has 9 nitrogen and oxygen atoms in total. The number of nitrogens with one attached hydrogen (secondary N) is 2. The van der Waals surface area contributed by atoms with Crippen LogP contribution in [0.1, 0.15) is 35.4 Å². The minimum atomic E-state index is -0.395. The minimum absolute atomic E-state index is 0.205. The van der Waals surface area contributed by atoms with Gasteiger partial charge < -0.3 is 19.2 Å². The standard InChI is InChI=1S/C24H27N7O2/c32-23(19-10-6-15-33-19)29-24-27-21(25-11-7-14-30-12-4-5-13-30)20-22(28-24)31(17-26-20)16-18-8-2-1-3-9-18/h1-3,6,8-10,15,17H,4-5,7,11-14,16H2,(H2,25,27,28,29,32). The third-order valence-corrected chi connectivity index (χ3v) is 5.77. The molecular formula is C24H27N7O2. The van der Waals surface area contributed by atoms with Crippen LogP contribution in [0.15, 0.2) is 59.5 Å². The molecule has 1 saturated heterocycles. The fourth-order valence-corrected chi connectivity index (χ4v) is 4.11. The lowest BCUT2D eigenvalue weighted by atomic mass is 10.2. The van der Waals surface area contributed by atoms with Crippen LogP contribution in [0.4, 0.5) is 11.8 Å². The van der Waals surface area contributed by atoms with Gasteiger partial charge in [0, 0.05) is 6.54 Å². The van der Waals surface area contributed by atoms with Gasteiger partial charge in [-0.05, 0) is 56.6 Å². The third kappa shape index (κ3) is 5.04. The first-order valence-electron chi connectivity index (χ1n) is 11.3. The second kappa shape index (κ2) is 9.83. The molecule has 0 unspecified atom stereocenters. The van der Waals surface area contributed by atoms with Crippen LogP contribution in [0.3, 0.4) is 0 Å². The molecule has 2 N–H and O–H groups in total. The molecule has 3 aromatic heterocycles. The lowest BCUT2D eigenvalue weighted by Gasteiger charge is -2.15.